The highest BCUT2D eigenvalue weighted by molar-refractivity contribution is 7.98. The van der Waals surface area contributed by atoms with E-state index in [0.717, 1.165) is 33.7 Å². The van der Waals surface area contributed by atoms with Gasteiger partial charge in [0.25, 0.3) is 0 Å². The standard InChI is InChI=1S/C22H20N4OS/c1-16-5-7-17(8-6-16)15-28-22-25-24-21(18-4-3-13-23-14-18)26(22)19-9-11-20(27-2)12-10-19/h3-14H,15H2,1-2H3. The molecule has 4 rings (SSSR count). The molecule has 5 nitrogen and oxygen atoms in total. The van der Waals surface area contributed by atoms with E-state index in [9.17, 15) is 0 Å². The third kappa shape index (κ3) is 3.92. The van der Waals surface area contributed by atoms with E-state index in [4.69, 9.17) is 4.74 Å². The van der Waals surface area contributed by atoms with Crippen molar-refractivity contribution in [3.63, 3.8) is 0 Å². The number of pyridine rings is 1. The summed E-state index contributed by atoms with van der Waals surface area (Å²) in [6.45, 7) is 2.09. The maximum absolute atomic E-state index is 5.29. The fraction of sp³-hybridized carbons (Fsp3) is 0.136. The van der Waals surface area contributed by atoms with Crippen LogP contribution >= 0.6 is 11.8 Å². The Morgan fingerprint density at radius 1 is 0.964 bits per heavy atom. The number of nitrogens with zero attached hydrogens (tertiary/aromatic N) is 4. The van der Waals surface area contributed by atoms with Crippen LogP contribution in [-0.2, 0) is 5.75 Å². The summed E-state index contributed by atoms with van der Waals surface area (Å²) in [6, 6.07) is 20.4. The highest BCUT2D eigenvalue weighted by Gasteiger charge is 2.16. The number of benzene rings is 2. The van der Waals surface area contributed by atoms with Gasteiger partial charge in [-0.1, -0.05) is 41.6 Å². The molecule has 0 amide bonds. The maximum Gasteiger partial charge on any atom is 0.196 e. The summed E-state index contributed by atoms with van der Waals surface area (Å²) in [5.41, 5.74) is 4.42. The van der Waals surface area contributed by atoms with Gasteiger partial charge in [0.1, 0.15) is 5.75 Å². The number of aryl methyl sites for hydroxylation is 1. The Kier molecular flexibility index (Phi) is 5.39. The Morgan fingerprint density at radius 3 is 2.43 bits per heavy atom. The van der Waals surface area contributed by atoms with Crippen LogP contribution in [0.3, 0.4) is 0 Å². The second-order valence-electron chi connectivity index (χ2n) is 6.36. The van der Waals surface area contributed by atoms with Crippen LogP contribution in [0.5, 0.6) is 5.75 Å². The van der Waals surface area contributed by atoms with Crippen molar-refractivity contribution in [2.24, 2.45) is 0 Å². The van der Waals surface area contributed by atoms with Gasteiger partial charge in [-0.3, -0.25) is 9.55 Å². The van der Waals surface area contributed by atoms with Crippen molar-refractivity contribution in [3.8, 4) is 22.8 Å². The molecule has 6 heteroatoms. The normalized spacial score (nSPS) is 10.8. The fourth-order valence-corrected chi connectivity index (χ4v) is 3.75. The molecule has 0 saturated heterocycles. The first-order chi connectivity index (χ1) is 13.7. The quantitative estimate of drug-likeness (QED) is 0.438. The van der Waals surface area contributed by atoms with Crippen LogP contribution in [0.25, 0.3) is 17.1 Å². The Balaban J connectivity index is 1.71. The molecule has 0 aliphatic carbocycles. The van der Waals surface area contributed by atoms with Crippen molar-refractivity contribution in [2.45, 2.75) is 17.8 Å². The number of methoxy groups -OCH3 is 1. The molecule has 0 aliphatic heterocycles. The fourth-order valence-electron chi connectivity index (χ4n) is 2.84. The Hall–Kier alpha value is -3.12. The third-order valence-corrected chi connectivity index (χ3v) is 5.37. The van der Waals surface area contributed by atoms with Crippen molar-refractivity contribution in [3.05, 3.63) is 84.2 Å². The van der Waals surface area contributed by atoms with Crippen LogP contribution in [0.4, 0.5) is 0 Å². The van der Waals surface area contributed by atoms with Crippen LogP contribution in [0.1, 0.15) is 11.1 Å². The van der Waals surface area contributed by atoms with Gasteiger partial charge in [-0.25, -0.2) is 0 Å². The topological polar surface area (TPSA) is 52.8 Å². The van der Waals surface area contributed by atoms with E-state index in [-0.39, 0.29) is 0 Å². The number of rotatable bonds is 6. The molecule has 0 bridgehead atoms. The molecule has 0 unspecified atom stereocenters. The first-order valence-electron chi connectivity index (χ1n) is 8.93. The molecule has 0 N–H and O–H groups in total. The monoisotopic (exact) mass is 388 g/mol. The van der Waals surface area contributed by atoms with Gasteiger partial charge in [-0.2, -0.15) is 0 Å². The van der Waals surface area contributed by atoms with Gasteiger partial charge in [0.15, 0.2) is 11.0 Å². The molecule has 0 aliphatic rings. The van der Waals surface area contributed by atoms with Crippen LogP contribution < -0.4 is 4.74 Å². The molecular formula is C22H20N4OS. The first-order valence-corrected chi connectivity index (χ1v) is 9.92. The molecule has 2 heterocycles. The minimum absolute atomic E-state index is 0.768. The van der Waals surface area contributed by atoms with E-state index in [2.05, 4.69) is 50.9 Å². The van der Waals surface area contributed by atoms with Gasteiger partial charge in [0.2, 0.25) is 0 Å². The van der Waals surface area contributed by atoms with Crippen molar-refractivity contribution in [1.82, 2.24) is 19.7 Å². The van der Waals surface area contributed by atoms with Crippen molar-refractivity contribution in [1.29, 1.82) is 0 Å². The Morgan fingerprint density at radius 2 is 1.75 bits per heavy atom. The summed E-state index contributed by atoms with van der Waals surface area (Å²) in [5.74, 6) is 2.40. The maximum atomic E-state index is 5.29. The first kappa shape index (κ1) is 18.3. The van der Waals surface area contributed by atoms with Gasteiger partial charge in [0, 0.05) is 29.4 Å². The van der Waals surface area contributed by atoms with Crippen LogP contribution in [-0.4, -0.2) is 26.9 Å². The van der Waals surface area contributed by atoms with Crippen LogP contribution in [0.15, 0.2) is 78.2 Å². The second kappa shape index (κ2) is 8.27. The number of aromatic nitrogens is 4. The highest BCUT2D eigenvalue weighted by atomic mass is 32.2. The minimum atomic E-state index is 0.768. The van der Waals surface area contributed by atoms with E-state index >= 15 is 0 Å². The summed E-state index contributed by atoms with van der Waals surface area (Å²) in [6.07, 6.45) is 3.56. The molecule has 28 heavy (non-hydrogen) atoms. The lowest BCUT2D eigenvalue weighted by molar-refractivity contribution is 0.414. The molecule has 0 atom stereocenters. The smallest absolute Gasteiger partial charge is 0.196 e. The zero-order valence-electron chi connectivity index (χ0n) is 15.7. The van der Waals surface area contributed by atoms with Gasteiger partial charge >= 0.3 is 0 Å². The summed E-state index contributed by atoms with van der Waals surface area (Å²) in [4.78, 5) is 4.23. The van der Waals surface area contributed by atoms with E-state index in [1.54, 1.807) is 31.3 Å². The van der Waals surface area contributed by atoms with Gasteiger partial charge in [0.05, 0.1) is 7.11 Å². The number of hydrogen-bond donors (Lipinski definition) is 0. The predicted octanol–water partition coefficient (Wildman–Crippen LogP) is 4.94. The van der Waals surface area contributed by atoms with Gasteiger partial charge < -0.3 is 4.74 Å². The molecule has 4 aromatic rings. The zero-order chi connectivity index (χ0) is 19.3. The van der Waals surface area contributed by atoms with Gasteiger partial charge in [-0.05, 0) is 48.9 Å². The molecule has 2 aromatic carbocycles. The third-order valence-electron chi connectivity index (χ3n) is 4.37. The summed E-state index contributed by atoms with van der Waals surface area (Å²) in [5, 5.41) is 9.75. The number of ether oxygens (including phenoxy) is 1. The van der Waals surface area contributed by atoms with Crippen molar-refractivity contribution < 1.29 is 4.74 Å². The van der Waals surface area contributed by atoms with Crippen LogP contribution in [0, 0.1) is 6.92 Å². The predicted molar refractivity (Wildman–Crippen MR) is 112 cm³/mol. The SMILES string of the molecule is COc1ccc(-n2c(SCc3ccc(C)cc3)nnc2-c2cccnc2)cc1. The van der Waals surface area contributed by atoms with E-state index in [1.807, 2.05) is 36.4 Å². The molecule has 0 spiro atoms. The minimum Gasteiger partial charge on any atom is -0.497 e. The average Bonchev–Trinajstić information content (AvgIpc) is 3.18. The Bertz CT molecular complexity index is 1040. The lowest BCUT2D eigenvalue weighted by Gasteiger charge is -2.11. The molecule has 140 valence electrons. The highest BCUT2D eigenvalue weighted by Crippen LogP contribution is 2.30. The van der Waals surface area contributed by atoms with Crippen LogP contribution in [0.2, 0.25) is 0 Å². The zero-order valence-corrected chi connectivity index (χ0v) is 16.6. The largest absolute Gasteiger partial charge is 0.497 e. The van der Waals surface area contributed by atoms with Crippen molar-refractivity contribution in [2.75, 3.05) is 7.11 Å². The lowest BCUT2D eigenvalue weighted by atomic mass is 10.2. The molecular weight excluding hydrogens is 368 g/mol. The molecule has 2 aromatic heterocycles. The lowest BCUT2D eigenvalue weighted by Crippen LogP contribution is -2.00. The number of thioether (sulfide) groups is 1. The Labute approximate surface area is 168 Å². The molecule has 0 fully saturated rings. The molecule has 0 saturated carbocycles. The second-order valence-corrected chi connectivity index (χ2v) is 7.30. The van der Waals surface area contributed by atoms with Crippen molar-refractivity contribution >= 4 is 11.8 Å². The van der Waals surface area contributed by atoms with Gasteiger partial charge in [-0.15, -0.1) is 10.2 Å². The summed E-state index contributed by atoms with van der Waals surface area (Å²) >= 11 is 1.66. The average molecular weight is 388 g/mol. The number of hydrogen-bond acceptors (Lipinski definition) is 5. The van der Waals surface area contributed by atoms with E-state index < -0.39 is 0 Å². The van der Waals surface area contributed by atoms with E-state index in [1.165, 1.54) is 11.1 Å². The summed E-state index contributed by atoms with van der Waals surface area (Å²) < 4.78 is 7.36. The summed E-state index contributed by atoms with van der Waals surface area (Å²) in [7, 11) is 1.66. The molecule has 0 radical (unpaired) electrons. The van der Waals surface area contributed by atoms with E-state index in [0.29, 0.717) is 0 Å².